The van der Waals surface area contributed by atoms with Gasteiger partial charge in [-0.15, -0.1) is 22.7 Å². The molecule has 3 heterocycles. The van der Waals surface area contributed by atoms with Crippen LogP contribution in [-0.2, 0) is 0 Å². The second-order valence-corrected chi connectivity index (χ2v) is 17.2. The van der Waals surface area contributed by atoms with E-state index in [4.69, 9.17) is 9.40 Å². The summed E-state index contributed by atoms with van der Waals surface area (Å²) in [5, 5.41) is 4.94. The lowest BCUT2D eigenvalue weighted by Gasteiger charge is -2.26. The van der Waals surface area contributed by atoms with Crippen molar-refractivity contribution in [1.82, 2.24) is 4.98 Å². The molecule has 0 aliphatic rings. The lowest BCUT2D eigenvalue weighted by molar-refractivity contribution is 0.623. The molecule has 0 saturated carbocycles. The first-order valence-electron chi connectivity index (χ1n) is 20.1. The van der Waals surface area contributed by atoms with Gasteiger partial charge < -0.3 is 9.32 Å². The summed E-state index contributed by atoms with van der Waals surface area (Å²) in [7, 11) is 0. The normalized spacial score (nSPS) is 11.7. The van der Waals surface area contributed by atoms with Crippen LogP contribution in [0.15, 0.2) is 211 Å². The van der Waals surface area contributed by atoms with Gasteiger partial charge in [0.25, 0.3) is 0 Å². The first kappa shape index (κ1) is 34.7. The summed E-state index contributed by atoms with van der Waals surface area (Å²) < 4.78 is 11.6. The highest BCUT2D eigenvalue weighted by Crippen LogP contribution is 2.46. The molecule has 0 radical (unpaired) electrons. The molecule has 0 atom stereocenters. The third-order valence-electron chi connectivity index (χ3n) is 11.5. The van der Waals surface area contributed by atoms with Crippen molar-refractivity contribution >= 4 is 91.2 Å². The molecule has 3 aromatic heterocycles. The quantitative estimate of drug-likeness (QED) is 0.161. The maximum atomic E-state index is 6.57. The maximum absolute atomic E-state index is 6.57. The first-order valence-corrected chi connectivity index (χ1v) is 21.7. The van der Waals surface area contributed by atoms with E-state index in [-0.39, 0.29) is 0 Å². The van der Waals surface area contributed by atoms with E-state index < -0.39 is 0 Å². The molecule has 0 spiro atoms. The Morgan fingerprint density at radius 1 is 0.383 bits per heavy atom. The van der Waals surface area contributed by atoms with Crippen molar-refractivity contribution in [2.24, 2.45) is 0 Å². The van der Waals surface area contributed by atoms with Crippen molar-refractivity contribution in [3.8, 4) is 44.8 Å². The van der Waals surface area contributed by atoms with Gasteiger partial charge in [0.1, 0.15) is 5.52 Å². The van der Waals surface area contributed by atoms with Crippen LogP contribution in [0, 0.1) is 0 Å². The van der Waals surface area contributed by atoms with E-state index in [1.54, 1.807) is 0 Å². The van der Waals surface area contributed by atoms with E-state index in [1.165, 1.54) is 57.2 Å². The maximum Gasteiger partial charge on any atom is 0.227 e. The molecule has 0 aliphatic carbocycles. The zero-order valence-corrected chi connectivity index (χ0v) is 33.9. The minimum Gasteiger partial charge on any atom is -0.435 e. The lowest BCUT2D eigenvalue weighted by atomic mass is 9.99. The Bertz CT molecular complexity index is 3510. The molecular weight excluding hydrogens is 769 g/mol. The molecule has 0 N–H and O–H groups in total. The van der Waals surface area contributed by atoms with Gasteiger partial charge in [0.2, 0.25) is 5.89 Å². The Morgan fingerprint density at radius 2 is 0.883 bits per heavy atom. The molecule has 9 aromatic carbocycles. The molecule has 60 heavy (non-hydrogen) atoms. The Morgan fingerprint density at radius 3 is 1.53 bits per heavy atom. The van der Waals surface area contributed by atoms with Gasteiger partial charge in [0, 0.05) is 68.5 Å². The molecule has 5 heteroatoms. The van der Waals surface area contributed by atoms with Crippen LogP contribution in [0.4, 0.5) is 17.1 Å². The van der Waals surface area contributed by atoms with Gasteiger partial charge in [-0.3, -0.25) is 0 Å². The van der Waals surface area contributed by atoms with Crippen LogP contribution in [0.5, 0.6) is 0 Å². The van der Waals surface area contributed by atoms with Gasteiger partial charge in [-0.2, -0.15) is 0 Å². The van der Waals surface area contributed by atoms with Gasteiger partial charge in [0.05, 0.1) is 0 Å². The van der Waals surface area contributed by atoms with E-state index in [9.17, 15) is 0 Å². The number of benzene rings is 9. The van der Waals surface area contributed by atoms with Crippen LogP contribution in [-0.4, -0.2) is 4.98 Å². The molecule has 12 rings (SSSR count). The highest BCUT2D eigenvalue weighted by Gasteiger charge is 2.21. The average molecular weight is 803 g/mol. The van der Waals surface area contributed by atoms with Crippen molar-refractivity contribution in [3.63, 3.8) is 0 Å². The number of thiophene rings is 2. The lowest BCUT2D eigenvalue weighted by Crippen LogP contribution is -2.09. The third-order valence-corrected chi connectivity index (χ3v) is 13.9. The molecular formula is C55H34N2OS2. The van der Waals surface area contributed by atoms with Crippen molar-refractivity contribution in [2.75, 3.05) is 4.90 Å². The number of rotatable bonds is 7. The first-order chi connectivity index (χ1) is 29.7. The fraction of sp³-hybridized carbons (Fsp3) is 0. The molecule has 12 aromatic rings. The van der Waals surface area contributed by atoms with Crippen molar-refractivity contribution in [2.45, 2.75) is 0 Å². The second kappa shape index (κ2) is 14.2. The summed E-state index contributed by atoms with van der Waals surface area (Å²) in [4.78, 5) is 7.40. The molecule has 0 bridgehead atoms. The van der Waals surface area contributed by atoms with Crippen LogP contribution in [0.3, 0.4) is 0 Å². The minimum atomic E-state index is 0.634. The summed E-state index contributed by atoms with van der Waals surface area (Å²) in [6, 6.07) is 73.9. The van der Waals surface area contributed by atoms with Crippen LogP contribution in [0.2, 0.25) is 0 Å². The van der Waals surface area contributed by atoms with Crippen LogP contribution in [0.25, 0.3) is 96.3 Å². The smallest absolute Gasteiger partial charge is 0.227 e. The number of nitrogens with zero attached hydrogens (tertiary/aromatic N) is 2. The fourth-order valence-corrected chi connectivity index (χ4v) is 11.0. The summed E-state index contributed by atoms with van der Waals surface area (Å²) in [6.07, 6.45) is 0. The zero-order valence-electron chi connectivity index (χ0n) is 32.2. The van der Waals surface area contributed by atoms with Gasteiger partial charge in [-0.25, -0.2) is 4.98 Å². The van der Waals surface area contributed by atoms with E-state index in [1.807, 2.05) is 53.0 Å². The Hall–Kier alpha value is -7.31. The number of oxazole rings is 1. The number of hydrogen-bond acceptors (Lipinski definition) is 5. The van der Waals surface area contributed by atoms with Crippen molar-refractivity contribution in [1.29, 1.82) is 0 Å². The fourth-order valence-electron chi connectivity index (χ4n) is 8.67. The summed E-state index contributed by atoms with van der Waals surface area (Å²) in [6.45, 7) is 0. The van der Waals surface area contributed by atoms with Gasteiger partial charge >= 0.3 is 0 Å². The molecule has 0 unspecified atom stereocenters. The van der Waals surface area contributed by atoms with Crippen LogP contribution < -0.4 is 4.90 Å². The van der Waals surface area contributed by atoms with Gasteiger partial charge in [-0.05, 0) is 101 Å². The van der Waals surface area contributed by atoms with E-state index in [0.717, 1.165) is 50.2 Å². The van der Waals surface area contributed by atoms with Crippen LogP contribution >= 0.6 is 22.7 Å². The molecule has 0 fully saturated rings. The number of fused-ring (bicyclic) bond motifs is 8. The number of hydrogen-bond donors (Lipinski definition) is 0. The summed E-state index contributed by atoms with van der Waals surface area (Å²) in [5.41, 5.74) is 13.0. The van der Waals surface area contributed by atoms with Crippen molar-refractivity contribution < 1.29 is 4.42 Å². The Kier molecular flexibility index (Phi) is 8.22. The number of anilines is 3. The van der Waals surface area contributed by atoms with Crippen molar-refractivity contribution in [3.05, 3.63) is 206 Å². The highest BCUT2D eigenvalue weighted by atomic mass is 32.1. The minimum absolute atomic E-state index is 0.634. The monoisotopic (exact) mass is 802 g/mol. The SMILES string of the molecule is c1ccc(-c2ccc(N(c3ccc(-c4cc5nc(-c6ccccc6)oc5c5c4sc4ccccc45)cc3)c3ccc(-c4cccc5sc6ccccc6c45)cc3)cc2)cc1. The zero-order chi connectivity index (χ0) is 39.6. The third kappa shape index (κ3) is 5.82. The van der Waals surface area contributed by atoms with E-state index >= 15 is 0 Å². The van der Waals surface area contributed by atoms with Crippen LogP contribution in [0.1, 0.15) is 0 Å². The predicted molar refractivity (Wildman–Crippen MR) is 256 cm³/mol. The highest BCUT2D eigenvalue weighted by molar-refractivity contribution is 7.26. The molecule has 0 saturated heterocycles. The topological polar surface area (TPSA) is 29.3 Å². The molecule has 0 amide bonds. The summed E-state index contributed by atoms with van der Waals surface area (Å²) >= 11 is 3.67. The summed E-state index contributed by atoms with van der Waals surface area (Å²) in [5.74, 6) is 0.634. The molecule has 0 aliphatic heterocycles. The average Bonchev–Trinajstić information content (AvgIpc) is 4.04. The molecule has 3 nitrogen and oxygen atoms in total. The standard InChI is InChI=1S/C55H34N2OS2/c1-3-12-35(13-4-1)36-22-28-40(29-23-36)57(41-30-24-37(25-31-41)43-18-11-21-50-51(43)44-16-7-9-19-48(44)59-50)42-32-26-38(27-33-42)46-34-47-53(58-55(56-47)39-14-5-2-6-15-39)52-45-17-8-10-20-49(45)60-54(46)52/h1-34H. The van der Waals surface area contributed by atoms with Gasteiger partial charge in [-0.1, -0.05) is 133 Å². The predicted octanol–water partition coefficient (Wildman–Crippen LogP) is 16.7. The second-order valence-electron chi connectivity index (χ2n) is 15.1. The Balaban J connectivity index is 0.974. The largest absolute Gasteiger partial charge is 0.435 e. The van der Waals surface area contributed by atoms with E-state index in [2.05, 4.69) is 181 Å². The molecule has 282 valence electrons. The number of aromatic nitrogens is 1. The van der Waals surface area contributed by atoms with E-state index in [0.29, 0.717) is 5.89 Å². The Labute approximate surface area is 354 Å². The van der Waals surface area contributed by atoms with Gasteiger partial charge in [0.15, 0.2) is 5.58 Å².